The van der Waals surface area contributed by atoms with E-state index in [1.165, 1.54) is 69.5 Å². The van der Waals surface area contributed by atoms with E-state index in [4.69, 9.17) is 9.97 Å². The summed E-state index contributed by atoms with van der Waals surface area (Å²) in [4.78, 5) is 10.1. The molecule has 0 saturated heterocycles. The fourth-order valence-corrected chi connectivity index (χ4v) is 10.1. The molecule has 0 amide bonds. The zero-order valence-electron chi connectivity index (χ0n) is 30.7. The van der Waals surface area contributed by atoms with Crippen LogP contribution in [0.25, 0.3) is 109 Å². The molecule has 0 N–H and O–H groups in total. The van der Waals surface area contributed by atoms with Crippen molar-refractivity contribution in [2.45, 2.75) is 0 Å². The van der Waals surface area contributed by atoms with Gasteiger partial charge in [-0.15, -0.1) is 11.3 Å². The Balaban J connectivity index is 1.08. The van der Waals surface area contributed by atoms with Gasteiger partial charge in [0.15, 0.2) is 5.82 Å². The zero-order chi connectivity index (χ0) is 37.5. The Hall–Kier alpha value is -7.34. The summed E-state index contributed by atoms with van der Waals surface area (Å²) in [5.41, 5.74) is 12.0. The second-order valence-electron chi connectivity index (χ2n) is 14.6. The van der Waals surface area contributed by atoms with Crippen molar-refractivity contribution in [3.8, 4) is 45.3 Å². The molecule has 266 valence electrons. The predicted molar refractivity (Wildman–Crippen MR) is 240 cm³/mol. The summed E-state index contributed by atoms with van der Waals surface area (Å²) in [6, 6.07) is 69.3. The fourth-order valence-electron chi connectivity index (χ4n) is 8.80. The molecule has 4 nitrogen and oxygen atoms in total. The lowest BCUT2D eigenvalue weighted by Crippen LogP contribution is -1.97. The molecule has 0 bridgehead atoms. The summed E-state index contributed by atoms with van der Waals surface area (Å²) in [6.07, 6.45) is 0. The van der Waals surface area contributed by atoms with E-state index in [-0.39, 0.29) is 0 Å². The van der Waals surface area contributed by atoms with E-state index >= 15 is 0 Å². The largest absolute Gasteiger partial charge is 0.309 e. The number of nitrogens with zero attached hydrogens (tertiary/aromatic N) is 4. The maximum absolute atomic E-state index is 5.11. The third-order valence-corrected chi connectivity index (χ3v) is 12.5. The maximum atomic E-state index is 5.11. The number of para-hydroxylation sites is 3. The van der Waals surface area contributed by atoms with Crippen LogP contribution in [0.1, 0.15) is 0 Å². The van der Waals surface area contributed by atoms with Crippen LogP contribution in [-0.4, -0.2) is 19.1 Å². The van der Waals surface area contributed by atoms with Crippen molar-refractivity contribution < 1.29 is 0 Å². The zero-order valence-corrected chi connectivity index (χ0v) is 31.5. The summed E-state index contributed by atoms with van der Waals surface area (Å²) in [5.74, 6) is 0.714. The van der Waals surface area contributed by atoms with E-state index in [1.54, 1.807) is 0 Å². The highest BCUT2D eigenvalue weighted by Crippen LogP contribution is 2.47. The van der Waals surface area contributed by atoms with Gasteiger partial charge in [-0.05, 0) is 54.6 Å². The van der Waals surface area contributed by atoms with Crippen molar-refractivity contribution in [3.05, 3.63) is 194 Å². The molecule has 0 aliphatic carbocycles. The van der Waals surface area contributed by atoms with Crippen molar-refractivity contribution in [2.75, 3.05) is 0 Å². The summed E-state index contributed by atoms with van der Waals surface area (Å²) in [5, 5.41) is 7.66. The molecule has 0 unspecified atom stereocenters. The van der Waals surface area contributed by atoms with Gasteiger partial charge in [0.1, 0.15) is 0 Å². The SMILES string of the molecule is c1ccc(-c2cc(-c3ccc(-n4c5ccccc5c5ccc6sc7c(ccc8c7c7ccccc7n8-c7ccccc7)c6c54)cc3)nc(-c3ccccc3)n2)cc1. The van der Waals surface area contributed by atoms with Crippen LogP contribution in [0.3, 0.4) is 0 Å². The van der Waals surface area contributed by atoms with Gasteiger partial charge in [-0.3, -0.25) is 0 Å². The van der Waals surface area contributed by atoms with E-state index in [0.29, 0.717) is 5.82 Å². The average molecular weight is 745 g/mol. The second kappa shape index (κ2) is 12.6. The highest BCUT2D eigenvalue weighted by atomic mass is 32.1. The molecule has 0 radical (unpaired) electrons. The third kappa shape index (κ3) is 4.93. The predicted octanol–water partition coefficient (Wildman–Crippen LogP) is 14.0. The smallest absolute Gasteiger partial charge is 0.160 e. The lowest BCUT2D eigenvalue weighted by molar-refractivity contribution is 1.17. The van der Waals surface area contributed by atoms with Crippen LogP contribution >= 0.6 is 11.3 Å². The van der Waals surface area contributed by atoms with Crippen LogP contribution < -0.4 is 0 Å². The van der Waals surface area contributed by atoms with E-state index in [0.717, 1.165) is 33.8 Å². The van der Waals surface area contributed by atoms with Crippen LogP contribution in [0.2, 0.25) is 0 Å². The molecule has 4 heterocycles. The summed E-state index contributed by atoms with van der Waals surface area (Å²) in [6.45, 7) is 0. The van der Waals surface area contributed by atoms with Crippen molar-refractivity contribution in [3.63, 3.8) is 0 Å². The number of hydrogen-bond donors (Lipinski definition) is 0. The molecule has 12 rings (SSSR count). The Morgan fingerprint density at radius 1 is 0.368 bits per heavy atom. The Morgan fingerprint density at radius 2 is 0.930 bits per heavy atom. The Bertz CT molecular complexity index is 3430. The number of aromatic nitrogens is 4. The molecule has 0 saturated carbocycles. The number of fused-ring (bicyclic) bond motifs is 11. The van der Waals surface area contributed by atoms with Gasteiger partial charge in [0.25, 0.3) is 0 Å². The van der Waals surface area contributed by atoms with Gasteiger partial charge in [-0.1, -0.05) is 140 Å². The minimum Gasteiger partial charge on any atom is -0.309 e. The average Bonchev–Trinajstić information content (AvgIpc) is 3.95. The molecule has 0 aliphatic heterocycles. The summed E-state index contributed by atoms with van der Waals surface area (Å²) in [7, 11) is 0. The van der Waals surface area contributed by atoms with Gasteiger partial charge in [0.05, 0.1) is 33.5 Å². The summed E-state index contributed by atoms with van der Waals surface area (Å²) >= 11 is 1.90. The van der Waals surface area contributed by atoms with Gasteiger partial charge < -0.3 is 9.13 Å². The fraction of sp³-hybridized carbons (Fsp3) is 0. The van der Waals surface area contributed by atoms with E-state index in [1.807, 2.05) is 35.6 Å². The molecule has 0 aliphatic rings. The quantitative estimate of drug-likeness (QED) is 0.176. The minimum atomic E-state index is 0.714. The first-order valence-electron chi connectivity index (χ1n) is 19.3. The van der Waals surface area contributed by atoms with Crippen LogP contribution in [-0.2, 0) is 0 Å². The lowest BCUT2D eigenvalue weighted by Gasteiger charge is -2.12. The molecular formula is C52H32N4S. The monoisotopic (exact) mass is 744 g/mol. The van der Waals surface area contributed by atoms with E-state index in [2.05, 4.69) is 179 Å². The van der Waals surface area contributed by atoms with Crippen molar-refractivity contribution >= 4 is 75.1 Å². The lowest BCUT2D eigenvalue weighted by atomic mass is 10.0. The highest BCUT2D eigenvalue weighted by Gasteiger charge is 2.22. The van der Waals surface area contributed by atoms with Gasteiger partial charge in [0.2, 0.25) is 0 Å². The third-order valence-electron chi connectivity index (χ3n) is 11.3. The molecule has 0 spiro atoms. The summed E-state index contributed by atoms with van der Waals surface area (Å²) < 4.78 is 7.47. The number of thiophene rings is 1. The minimum absolute atomic E-state index is 0.714. The first kappa shape index (κ1) is 32.0. The molecule has 8 aromatic carbocycles. The van der Waals surface area contributed by atoms with Gasteiger partial charge in [-0.2, -0.15) is 0 Å². The Kier molecular flexibility index (Phi) is 7.06. The topological polar surface area (TPSA) is 35.6 Å². The van der Waals surface area contributed by atoms with Crippen molar-refractivity contribution in [1.82, 2.24) is 19.1 Å². The number of rotatable bonds is 5. The number of benzene rings is 8. The van der Waals surface area contributed by atoms with Crippen LogP contribution in [0.4, 0.5) is 0 Å². The first-order chi connectivity index (χ1) is 28.3. The van der Waals surface area contributed by atoms with E-state index in [9.17, 15) is 0 Å². The molecule has 57 heavy (non-hydrogen) atoms. The molecule has 0 atom stereocenters. The van der Waals surface area contributed by atoms with E-state index < -0.39 is 0 Å². The van der Waals surface area contributed by atoms with Gasteiger partial charge >= 0.3 is 0 Å². The van der Waals surface area contributed by atoms with Crippen molar-refractivity contribution in [1.29, 1.82) is 0 Å². The standard InChI is InChI=1S/C52H32N4S/c1-4-14-33(15-5-1)42-32-43(54-52(53-42)35-16-6-2-7-17-35)34-24-26-37(27-25-34)56-44-22-12-10-20-38(44)39-29-31-47-49(50(39)56)41-28-30-46-48(51(41)57-47)40-21-11-13-23-45(40)55(46)36-18-8-3-9-19-36/h1-32H. The van der Waals surface area contributed by atoms with Crippen molar-refractivity contribution in [2.24, 2.45) is 0 Å². The maximum Gasteiger partial charge on any atom is 0.160 e. The first-order valence-corrected chi connectivity index (χ1v) is 20.1. The molecular weight excluding hydrogens is 713 g/mol. The van der Waals surface area contributed by atoms with Gasteiger partial charge in [0, 0.05) is 69.8 Å². The molecule has 12 aromatic rings. The normalized spacial score (nSPS) is 11.9. The highest BCUT2D eigenvalue weighted by molar-refractivity contribution is 7.27. The van der Waals surface area contributed by atoms with Crippen LogP contribution in [0.5, 0.6) is 0 Å². The number of hydrogen-bond acceptors (Lipinski definition) is 3. The molecule has 5 heteroatoms. The second-order valence-corrected chi connectivity index (χ2v) is 15.6. The molecule has 0 fully saturated rings. The van der Waals surface area contributed by atoms with Crippen LogP contribution in [0.15, 0.2) is 194 Å². The Labute approximate surface area is 332 Å². The molecule has 4 aromatic heterocycles. The Morgan fingerprint density at radius 3 is 1.65 bits per heavy atom. The van der Waals surface area contributed by atoms with Gasteiger partial charge in [-0.25, -0.2) is 9.97 Å². The van der Waals surface area contributed by atoms with Crippen LogP contribution in [0, 0.1) is 0 Å².